The number of carbonyl (C=O) groups excluding carboxylic acids is 1. The molecule has 0 spiro atoms. The maximum absolute atomic E-state index is 10.8. The van der Waals surface area contributed by atoms with Crippen LogP contribution in [0.1, 0.15) is 33.1 Å². The Morgan fingerprint density at radius 3 is 2.73 bits per heavy atom. The van der Waals surface area contributed by atoms with Crippen LogP contribution in [-0.2, 0) is 4.79 Å². The minimum atomic E-state index is 0.0249. The van der Waals surface area contributed by atoms with Crippen molar-refractivity contribution in [3.63, 3.8) is 0 Å². The zero-order chi connectivity index (χ0) is 8.69. The highest BCUT2D eigenvalue weighted by Gasteiger charge is 2.03. The van der Waals surface area contributed by atoms with Crippen molar-refractivity contribution in [3.8, 4) is 0 Å². The fraction of sp³-hybridized carbons (Fsp3) is 0.875. The lowest BCUT2D eigenvalue weighted by Gasteiger charge is -2.11. The smallest absolute Gasteiger partial charge is 0.229 e. The van der Waals surface area contributed by atoms with Crippen LogP contribution in [0.2, 0.25) is 0 Å². The molecule has 1 amide bonds. The average Bonchev–Trinajstić information content (AvgIpc) is 2.00. The standard InChI is InChI=1S/C8H17NOS/c1-3-4-5-7(2)9-8(10)6-11/h7,11H,3-6H2,1-2H3,(H,9,10). The zero-order valence-electron chi connectivity index (χ0n) is 7.26. The monoisotopic (exact) mass is 175 g/mol. The summed E-state index contributed by atoms with van der Waals surface area (Å²) in [5, 5.41) is 2.85. The third kappa shape index (κ3) is 6.23. The van der Waals surface area contributed by atoms with Gasteiger partial charge in [0.25, 0.3) is 0 Å². The summed E-state index contributed by atoms with van der Waals surface area (Å²) in [4.78, 5) is 10.8. The van der Waals surface area contributed by atoms with Crippen molar-refractivity contribution in [2.45, 2.75) is 39.2 Å². The first-order chi connectivity index (χ1) is 5.20. The predicted octanol–water partition coefficient (Wildman–Crippen LogP) is 1.61. The van der Waals surface area contributed by atoms with Gasteiger partial charge in [-0.2, -0.15) is 12.6 Å². The molecule has 11 heavy (non-hydrogen) atoms. The molecule has 0 saturated carbocycles. The molecule has 1 N–H and O–H groups in total. The molecule has 0 heterocycles. The average molecular weight is 175 g/mol. The van der Waals surface area contributed by atoms with Crippen LogP contribution < -0.4 is 5.32 Å². The minimum absolute atomic E-state index is 0.0249. The maximum Gasteiger partial charge on any atom is 0.229 e. The Kier molecular flexibility index (Phi) is 6.42. The number of hydrogen-bond donors (Lipinski definition) is 2. The van der Waals surface area contributed by atoms with Crippen LogP contribution >= 0.6 is 12.6 Å². The molecule has 0 aliphatic heterocycles. The molecule has 0 bridgehead atoms. The second-order valence-electron chi connectivity index (χ2n) is 2.77. The van der Waals surface area contributed by atoms with Gasteiger partial charge in [-0.25, -0.2) is 0 Å². The molecule has 0 fully saturated rings. The third-order valence-electron chi connectivity index (χ3n) is 1.54. The summed E-state index contributed by atoms with van der Waals surface area (Å²) in [7, 11) is 0. The van der Waals surface area contributed by atoms with Gasteiger partial charge in [0.1, 0.15) is 0 Å². The fourth-order valence-corrected chi connectivity index (χ4v) is 0.994. The number of thiol groups is 1. The third-order valence-corrected chi connectivity index (χ3v) is 1.83. The van der Waals surface area contributed by atoms with Crippen LogP contribution in [0.25, 0.3) is 0 Å². The molecule has 0 aromatic carbocycles. The Balaban J connectivity index is 3.35. The van der Waals surface area contributed by atoms with Crippen molar-refractivity contribution in [2.75, 3.05) is 5.75 Å². The van der Waals surface area contributed by atoms with E-state index in [4.69, 9.17) is 0 Å². The molecule has 3 heteroatoms. The van der Waals surface area contributed by atoms with Gasteiger partial charge in [0.05, 0.1) is 5.75 Å². The molecule has 1 atom stereocenters. The highest BCUT2D eigenvalue weighted by molar-refractivity contribution is 7.81. The Labute approximate surface area is 74.2 Å². The maximum atomic E-state index is 10.8. The molecule has 0 radical (unpaired) electrons. The van der Waals surface area contributed by atoms with E-state index in [2.05, 4.69) is 24.9 Å². The zero-order valence-corrected chi connectivity index (χ0v) is 8.16. The van der Waals surface area contributed by atoms with Gasteiger partial charge in [0.15, 0.2) is 0 Å². The van der Waals surface area contributed by atoms with Crippen LogP contribution in [-0.4, -0.2) is 17.7 Å². The van der Waals surface area contributed by atoms with E-state index in [1.165, 1.54) is 12.8 Å². The van der Waals surface area contributed by atoms with Crippen molar-refractivity contribution >= 4 is 18.5 Å². The van der Waals surface area contributed by atoms with Gasteiger partial charge in [-0.15, -0.1) is 0 Å². The molecule has 2 nitrogen and oxygen atoms in total. The molecule has 0 aliphatic rings. The van der Waals surface area contributed by atoms with E-state index in [1.54, 1.807) is 0 Å². The van der Waals surface area contributed by atoms with Gasteiger partial charge in [-0.05, 0) is 13.3 Å². The first kappa shape index (κ1) is 10.8. The Bertz CT molecular complexity index is 117. The summed E-state index contributed by atoms with van der Waals surface area (Å²) < 4.78 is 0. The van der Waals surface area contributed by atoms with Gasteiger partial charge in [0.2, 0.25) is 5.91 Å². The number of rotatable bonds is 5. The van der Waals surface area contributed by atoms with Crippen LogP contribution in [0, 0.1) is 0 Å². The Hall–Kier alpha value is -0.180. The number of nitrogens with one attached hydrogen (secondary N) is 1. The van der Waals surface area contributed by atoms with Crippen molar-refractivity contribution < 1.29 is 4.79 Å². The van der Waals surface area contributed by atoms with E-state index in [1.807, 2.05) is 6.92 Å². The predicted molar refractivity (Wildman–Crippen MR) is 51.0 cm³/mol. The lowest BCUT2D eigenvalue weighted by molar-refractivity contribution is -0.119. The van der Waals surface area contributed by atoms with Crippen molar-refractivity contribution in [1.82, 2.24) is 5.32 Å². The van der Waals surface area contributed by atoms with Gasteiger partial charge in [-0.3, -0.25) is 4.79 Å². The summed E-state index contributed by atoms with van der Waals surface area (Å²) in [6.45, 7) is 4.17. The summed E-state index contributed by atoms with van der Waals surface area (Å²) in [5.74, 6) is 0.313. The van der Waals surface area contributed by atoms with Gasteiger partial charge < -0.3 is 5.32 Å². The normalized spacial score (nSPS) is 12.6. The molecule has 0 saturated heterocycles. The first-order valence-electron chi connectivity index (χ1n) is 4.11. The Morgan fingerprint density at radius 1 is 1.64 bits per heavy atom. The number of amides is 1. The second kappa shape index (κ2) is 6.53. The fourth-order valence-electron chi connectivity index (χ4n) is 0.903. The van der Waals surface area contributed by atoms with E-state index in [-0.39, 0.29) is 11.7 Å². The number of carbonyl (C=O) groups is 1. The molecule has 0 rings (SSSR count). The van der Waals surface area contributed by atoms with Crippen molar-refractivity contribution in [2.24, 2.45) is 0 Å². The van der Waals surface area contributed by atoms with E-state index in [0.29, 0.717) is 6.04 Å². The van der Waals surface area contributed by atoms with Crippen LogP contribution in [0.5, 0.6) is 0 Å². The van der Waals surface area contributed by atoms with E-state index in [9.17, 15) is 4.79 Å². The Morgan fingerprint density at radius 2 is 2.27 bits per heavy atom. The van der Waals surface area contributed by atoms with Crippen LogP contribution in [0.3, 0.4) is 0 Å². The van der Waals surface area contributed by atoms with Gasteiger partial charge in [-0.1, -0.05) is 19.8 Å². The molecule has 0 aromatic rings. The van der Waals surface area contributed by atoms with Crippen molar-refractivity contribution in [1.29, 1.82) is 0 Å². The van der Waals surface area contributed by atoms with E-state index >= 15 is 0 Å². The van der Waals surface area contributed by atoms with E-state index in [0.717, 1.165) is 6.42 Å². The first-order valence-corrected chi connectivity index (χ1v) is 4.74. The molecule has 66 valence electrons. The van der Waals surface area contributed by atoms with Crippen molar-refractivity contribution in [3.05, 3.63) is 0 Å². The van der Waals surface area contributed by atoms with E-state index < -0.39 is 0 Å². The summed E-state index contributed by atoms with van der Waals surface area (Å²) >= 11 is 3.87. The van der Waals surface area contributed by atoms with Crippen LogP contribution in [0.15, 0.2) is 0 Å². The van der Waals surface area contributed by atoms with Crippen LogP contribution in [0.4, 0.5) is 0 Å². The summed E-state index contributed by atoms with van der Waals surface area (Å²) in [5.41, 5.74) is 0. The topological polar surface area (TPSA) is 29.1 Å². The molecule has 1 unspecified atom stereocenters. The lowest BCUT2D eigenvalue weighted by Crippen LogP contribution is -2.33. The lowest BCUT2D eigenvalue weighted by atomic mass is 10.1. The molecular weight excluding hydrogens is 158 g/mol. The molecule has 0 aromatic heterocycles. The largest absolute Gasteiger partial charge is 0.353 e. The second-order valence-corrected chi connectivity index (χ2v) is 3.09. The quantitative estimate of drug-likeness (QED) is 0.611. The van der Waals surface area contributed by atoms with Gasteiger partial charge in [0, 0.05) is 6.04 Å². The minimum Gasteiger partial charge on any atom is -0.353 e. The molecule has 0 aliphatic carbocycles. The SMILES string of the molecule is CCCCC(C)NC(=O)CS. The summed E-state index contributed by atoms with van der Waals surface area (Å²) in [6.07, 6.45) is 3.42. The van der Waals surface area contributed by atoms with Gasteiger partial charge >= 0.3 is 0 Å². The summed E-state index contributed by atoms with van der Waals surface area (Å²) in [6, 6.07) is 0.301. The highest BCUT2D eigenvalue weighted by atomic mass is 32.1. The highest BCUT2D eigenvalue weighted by Crippen LogP contribution is 1.98. The number of unbranched alkanes of at least 4 members (excludes halogenated alkanes) is 1. The molecular formula is C8H17NOS. The number of hydrogen-bond acceptors (Lipinski definition) is 2.